The van der Waals surface area contributed by atoms with Crippen molar-refractivity contribution in [2.75, 3.05) is 12.3 Å². The molecule has 1 aliphatic heterocycles. The Balaban J connectivity index is 1.78. The first-order valence-electron chi connectivity index (χ1n) is 8.54. The molecule has 2 aromatic heterocycles. The number of nitrogens with zero attached hydrogens (tertiary/aromatic N) is 3. The van der Waals surface area contributed by atoms with E-state index < -0.39 is 54.1 Å². The van der Waals surface area contributed by atoms with Crippen LogP contribution in [0.5, 0.6) is 0 Å². The molecule has 2 aromatic rings. The van der Waals surface area contributed by atoms with Crippen LogP contribution in [0.15, 0.2) is 17.0 Å². The molecule has 186 valence electrons. The molecular formula is C12H18BrN4O13P3. The maximum Gasteiger partial charge on any atom is 0.490 e. The number of halogens is 1. The first kappa shape index (κ1) is 26.8. The van der Waals surface area contributed by atoms with Crippen molar-refractivity contribution in [1.29, 1.82) is 0 Å². The van der Waals surface area contributed by atoms with Crippen LogP contribution in [0.1, 0.15) is 13.2 Å². The topological polar surface area (TPSA) is 266 Å². The number of ether oxygens (including phenoxy) is 1. The fourth-order valence-electron chi connectivity index (χ4n) is 3.09. The highest BCUT2D eigenvalue weighted by Gasteiger charge is 2.54. The number of rotatable bonds is 8. The van der Waals surface area contributed by atoms with Crippen molar-refractivity contribution in [2.24, 2.45) is 0 Å². The Kier molecular flexibility index (Phi) is 7.31. The normalized spacial score (nSPS) is 29.8. The van der Waals surface area contributed by atoms with E-state index in [2.05, 4.69) is 39.0 Å². The predicted octanol–water partition coefficient (Wildman–Crippen LogP) is 0.129. The molecule has 6 atom stereocenters. The molecule has 0 spiro atoms. The van der Waals surface area contributed by atoms with Crippen LogP contribution in [0.3, 0.4) is 0 Å². The van der Waals surface area contributed by atoms with Crippen molar-refractivity contribution in [3.8, 4) is 0 Å². The molecule has 0 amide bonds. The monoisotopic (exact) mass is 598 g/mol. The molecule has 1 aliphatic rings. The van der Waals surface area contributed by atoms with Gasteiger partial charge in [0.2, 0.25) is 0 Å². The van der Waals surface area contributed by atoms with Crippen LogP contribution in [-0.4, -0.2) is 68.7 Å². The van der Waals surface area contributed by atoms with Crippen molar-refractivity contribution < 1.29 is 61.4 Å². The van der Waals surface area contributed by atoms with E-state index in [1.807, 2.05) is 0 Å². The molecule has 0 bridgehead atoms. The van der Waals surface area contributed by atoms with Crippen molar-refractivity contribution in [2.45, 2.75) is 31.0 Å². The predicted molar refractivity (Wildman–Crippen MR) is 110 cm³/mol. The van der Waals surface area contributed by atoms with Crippen LogP contribution >= 0.6 is 39.4 Å². The first-order valence-corrected chi connectivity index (χ1v) is 13.9. The number of fused-ring (bicyclic) bond motifs is 1. The summed E-state index contributed by atoms with van der Waals surface area (Å²) in [7, 11) is -16.7. The highest BCUT2D eigenvalue weighted by Crippen LogP contribution is 2.66. The van der Waals surface area contributed by atoms with Crippen LogP contribution in [0, 0.1) is 0 Å². The SMILES string of the molecule is C[C@@]1(O)[C@H](O)[C@@H](COP(=O)(O)OP(=O)(O)OP(=O)(O)O)O[C@H]1n1cc(Br)c2c(N)ncnc21. The number of phosphoric acid groups is 3. The summed E-state index contributed by atoms with van der Waals surface area (Å²) in [6.45, 7) is 0.243. The van der Waals surface area contributed by atoms with Gasteiger partial charge in [-0.3, -0.25) is 4.52 Å². The molecule has 3 heterocycles. The van der Waals surface area contributed by atoms with Gasteiger partial charge in [0.15, 0.2) is 6.23 Å². The molecule has 0 aromatic carbocycles. The lowest BCUT2D eigenvalue weighted by atomic mass is 9.96. The van der Waals surface area contributed by atoms with Crippen LogP contribution in [-0.2, 0) is 31.6 Å². The molecule has 0 radical (unpaired) electrons. The number of phosphoric ester groups is 1. The quantitative estimate of drug-likeness (QED) is 0.199. The van der Waals surface area contributed by atoms with Crippen LogP contribution < -0.4 is 5.73 Å². The number of aliphatic hydroxyl groups is 2. The molecule has 21 heteroatoms. The zero-order valence-corrected chi connectivity index (χ0v) is 20.5. The largest absolute Gasteiger partial charge is 0.490 e. The zero-order chi connectivity index (χ0) is 25.0. The van der Waals surface area contributed by atoms with Gasteiger partial charge in [0.1, 0.15) is 35.6 Å². The molecular weight excluding hydrogens is 581 g/mol. The standard InChI is InChI=1S/C12H18BrN4O13P3/c1-12(19)8(18)6(3-27-32(23,24)30-33(25,26)29-31(20,21)22)28-11(12)17-2-5(13)7-9(14)15-4-16-10(7)17/h2,4,6,8,11,18-19H,3H2,1H3,(H,23,24)(H,25,26)(H2,14,15,16)(H2,20,21,22)/t6-,8-,11-,12-/m1/s1. The van der Waals surface area contributed by atoms with Gasteiger partial charge in [-0.15, -0.1) is 0 Å². The van der Waals surface area contributed by atoms with Crippen molar-refractivity contribution in [3.05, 3.63) is 17.0 Å². The molecule has 17 nitrogen and oxygen atoms in total. The minimum atomic E-state index is -5.72. The summed E-state index contributed by atoms with van der Waals surface area (Å²) >= 11 is 3.28. The molecule has 3 rings (SSSR count). The molecule has 2 unspecified atom stereocenters. The maximum atomic E-state index is 11.9. The Hall–Kier alpha value is -0.810. The fourth-order valence-corrected chi connectivity index (χ4v) is 6.72. The molecule has 1 saturated heterocycles. The summed E-state index contributed by atoms with van der Waals surface area (Å²) in [5, 5.41) is 21.7. The maximum absolute atomic E-state index is 11.9. The lowest BCUT2D eigenvalue weighted by Crippen LogP contribution is -2.44. The van der Waals surface area contributed by atoms with E-state index in [0.29, 0.717) is 9.86 Å². The Bertz CT molecular complexity index is 1200. The smallest absolute Gasteiger partial charge is 0.387 e. The summed E-state index contributed by atoms with van der Waals surface area (Å²) in [5.41, 5.74) is 4.05. The number of nitrogen functional groups attached to an aromatic ring is 1. The molecule has 0 saturated carbocycles. The second-order valence-corrected chi connectivity index (χ2v) is 12.2. The first-order chi connectivity index (χ1) is 14.9. The highest BCUT2D eigenvalue weighted by atomic mass is 79.9. The van der Waals surface area contributed by atoms with E-state index >= 15 is 0 Å². The Morgan fingerprint density at radius 3 is 2.45 bits per heavy atom. The van der Waals surface area contributed by atoms with Gasteiger partial charge in [0, 0.05) is 10.7 Å². The van der Waals surface area contributed by atoms with Crippen LogP contribution in [0.4, 0.5) is 5.82 Å². The molecule has 0 aliphatic carbocycles. The highest BCUT2D eigenvalue weighted by molar-refractivity contribution is 9.10. The third-order valence-electron chi connectivity index (χ3n) is 4.42. The Morgan fingerprint density at radius 1 is 1.21 bits per heavy atom. The van der Waals surface area contributed by atoms with E-state index in [1.54, 1.807) is 0 Å². The minimum Gasteiger partial charge on any atom is -0.387 e. The number of anilines is 1. The van der Waals surface area contributed by atoms with E-state index in [9.17, 15) is 33.7 Å². The van der Waals surface area contributed by atoms with Crippen LogP contribution in [0.2, 0.25) is 0 Å². The molecule has 1 fully saturated rings. The number of aliphatic hydroxyl groups excluding tert-OH is 1. The fraction of sp³-hybridized carbons (Fsp3) is 0.500. The average Bonchev–Trinajstić information content (AvgIpc) is 3.06. The zero-order valence-electron chi connectivity index (χ0n) is 16.3. The van der Waals surface area contributed by atoms with Crippen molar-refractivity contribution in [3.63, 3.8) is 0 Å². The second kappa shape index (κ2) is 9.00. The Morgan fingerprint density at radius 2 is 1.85 bits per heavy atom. The number of hydrogen-bond donors (Lipinski definition) is 7. The van der Waals surface area contributed by atoms with Crippen LogP contribution in [0.25, 0.3) is 11.0 Å². The van der Waals surface area contributed by atoms with E-state index in [1.165, 1.54) is 17.7 Å². The lowest BCUT2D eigenvalue weighted by molar-refractivity contribution is -0.0947. The molecule has 33 heavy (non-hydrogen) atoms. The van der Waals surface area contributed by atoms with Gasteiger partial charge in [-0.1, -0.05) is 0 Å². The van der Waals surface area contributed by atoms with E-state index in [4.69, 9.17) is 20.3 Å². The molecule has 8 N–H and O–H groups in total. The van der Waals surface area contributed by atoms with E-state index in [-0.39, 0.29) is 11.5 Å². The number of nitrogens with two attached hydrogens (primary N) is 1. The van der Waals surface area contributed by atoms with Gasteiger partial charge in [-0.05, 0) is 22.9 Å². The summed E-state index contributed by atoms with van der Waals surface area (Å²) in [4.78, 5) is 43.8. The van der Waals surface area contributed by atoms with Gasteiger partial charge in [0.25, 0.3) is 0 Å². The second-order valence-electron chi connectivity index (χ2n) is 6.93. The lowest BCUT2D eigenvalue weighted by Gasteiger charge is -2.27. The van der Waals surface area contributed by atoms with Gasteiger partial charge in [-0.2, -0.15) is 8.62 Å². The third kappa shape index (κ3) is 5.89. The van der Waals surface area contributed by atoms with Crippen molar-refractivity contribution >= 4 is 56.2 Å². The minimum absolute atomic E-state index is 0.119. The Labute approximate surface area is 192 Å². The van der Waals surface area contributed by atoms with Gasteiger partial charge in [-0.25, -0.2) is 23.7 Å². The van der Waals surface area contributed by atoms with Crippen molar-refractivity contribution in [1.82, 2.24) is 14.5 Å². The van der Waals surface area contributed by atoms with Gasteiger partial charge < -0.3 is 44.8 Å². The van der Waals surface area contributed by atoms with Gasteiger partial charge in [0.05, 0.1) is 12.0 Å². The number of hydrogen-bond acceptors (Lipinski definition) is 12. The summed E-state index contributed by atoms with van der Waals surface area (Å²) in [6, 6.07) is 0. The summed E-state index contributed by atoms with van der Waals surface area (Å²) in [5.74, 6) is 0.119. The average molecular weight is 599 g/mol. The number of aromatic nitrogens is 3. The third-order valence-corrected chi connectivity index (χ3v) is 8.82. The van der Waals surface area contributed by atoms with Gasteiger partial charge >= 0.3 is 23.5 Å². The summed E-state index contributed by atoms with van der Waals surface area (Å²) in [6.07, 6.45) is -1.90. The summed E-state index contributed by atoms with van der Waals surface area (Å²) < 4.78 is 53.0. The van der Waals surface area contributed by atoms with E-state index in [0.717, 1.165) is 6.33 Å².